The number of methoxy groups -OCH3 is 2. The van der Waals surface area contributed by atoms with E-state index in [0.717, 1.165) is 24.5 Å². The van der Waals surface area contributed by atoms with Crippen molar-refractivity contribution in [3.8, 4) is 11.5 Å². The second kappa shape index (κ2) is 4.01. The molecule has 0 unspecified atom stereocenters. The molecule has 0 saturated heterocycles. The zero-order chi connectivity index (χ0) is 10.8. The molecule has 1 aromatic rings. The predicted molar refractivity (Wildman–Crippen MR) is 61.1 cm³/mol. The Bertz CT molecular complexity index is 363. The van der Waals surface area contributed by atoms with Crippen molar-refractivity contribution >= 4 is 5.69 Å². The van der Waals surface area contributed by atoms with Gasteiger partial charge in [-0.25, -0.2) is 0 Å². The van der Waals surface area contributed by atoms with E-state index in [-0.39, 0.29) is 0 Å². The van der Waals surface area contributed by atoms with Crippen LogP contribution in [0, 0.1) is 0 Å². The van der Waals surface area contributed by atoms with Crippen LogP contribution in [0.1, 0.15) is 12.0 Å². The quantitative estimate of drug-likeness (QED) is 0.741. The van der Waals surface area contributed by atoms with Crippen molar-refractivity contribution in [3.05, 3.63) is 17.7 Å². The number of rotatable bonds is 2. The number of hydrogen-bond donors (Lipinski definition) is 0. The first-order valence-corrected chi connectivity index (χ1v) is 5.22. The Morgan fingerprint density at radius 3 is 2.47 bits per heavy atom. The molecule has 0 bridgehead atoms. The molecule has 0 fully saturated rings. The van der Waals surface area contributed by atoms with Crippen molar-refractivity contribution < 1.29 is 9.47 Å². The summed E-state index contributed by atoms with van der Waals surface area (Å²) in [4.78, 5) is 2.26. The standard InChI is InChI=1S/C12H17NO2/c1-13-6-4-5-9-7-11(14-2)12(15-3)8-10(9)13/h7-8H,4-6H2,1-3H3. The van der Waals surface area contributed by atoms with Gasteiger partial charge in [0.2, 0.25) is 0 Å². The van der Waals surface area contributed by atoms with Crippen LogP contribution in [0.5, 0.6) is 11.5 Å². The molecule has 2 rings (SSSR count). The normalized spacial score (nSPS) is 14.7. The Morgan fingerprint density at radius 1 is 1.13 bits per heavy atom. The summed E-state index contributed by atoms with van der Waals surface area (Å²) >= 11 is 0. The SMILES string of the molecule is COc1cc2c(cc1OC)N(C)CCC2. The van der Waals surface area contributed by atoms with E-state index in [4.69, 9.17) is 9.47 Å². The van der Waals surface area contributed by atoms with E-state index in [1.165, 1.54) is 17.7 Å². The van der Waals surface area contributed by atoms with Gasteiger partial charge in [-0.1, -0.05) is 0 Å². The molecule has 15 heavy (non-hydrogen) atoms. The number of aryl methyl sites for hydroxylation is 1. The van der Waals surface area contributed by atoms with Crippen LogP contribution in [0.3, 0.4) is 0 Å². The zero-order valence-corrected chi connectivity index (χ0v) is 9.54. The summed E-state index contributed by atoms with van der Waals surface area (Å²) in [6.45, 7) is 1.11. The van der Waals surface area contributed by atoms with Gasteiger partial charge >= 0.3 is 0 Å². The van der Waals surface area contributed by atoms with Crippen LogP contribution in [0.2, 0.25) is 0 Å². The smallest absolute Gasteiger partial charge is 0.162 e. The molecule has 3 heteroatoms. The molecule has 3 nitrogen and oxygen atoms in total. The minimum atomic E-state index is 0.810. The summed E-state index contributed by atoms with van der Waals surface area (Å²) in [6.07, 6.45) is 2.33. The fraction of sp³-hybridized carbons (Fsp3) is 0.500. The molecular formula is C12H17NO2. The summed E-state index contributed by atoms with van der Waals surface area (Å²) in [5.41, 5.74) is 2.61. The van der Waals surface area contributed by atoms with E-state index >= 15 is 0 Å². The summed E-state index contributed by atoms with van der Waals surface area (Å²) < 4.78 is 10.6. The summed E-state index contributed by atoms with van der Waals surface area (Å²) in [5, 5.41) is 0. The first-order chi connectivity index (χ1) is 7.26. The lowest BCUT2D eigenvalue weighted by Crippen LogP contribution is -2.24. The topological polar surface area (TPSA) is 21.7 Å². The van der Waals surface area contributed by atoms with Gasteiger partial charge in [0, 0.05) is 25.3 Å². The third-order valence-corrected chi connectivity index (χ3v) is 2.94. The van der Waals surface area contributed by atoms with Crippen LogP contribution in [0.4, 0.5) is 5.69 Å². The van der Waals surface area contributed by atoms with Crippen LogP contribution < -0.4 is 14.4 Å². The lowest BCUT2D eigenvalue weighted by atomic mass is 10.0. The van der Waals surface area contributed by atoms with E-state index < -0.39 is 0 Å². The van der Waals surface area contributed by atoms with Crippen molar-refractivity contribution in [2.75, 3.05) is 32.7 Å². The highest BCUT2D eigenvalue weighted by molar-refractivity contribution is 5.62. The molecule has 0 radical (unpaired) electrons. The largest absolute Gasteiger partial charge is 0.493 e. The fourth-order valence-corrected chi connectivity index (χ4v) is 2.09. The first-order valence-electron chi connectivity index (χ1n) is 5.22. The molecule has 1 aliphatic rings. The van der Waals surface area contributed by atoms with Crippen LogP contribution in [0.25, 0.3) is 0 Å². The Balaban J connectivity index is 2.48. The van der Waals surface area contributed by atoms with Crippen molar-refractivity contribution in [2.24, 2.45) is 0 Å². The highest BCUT2D eigenvalue weighted by Crippen LogP contribution is 2.37. The average Bonchev–Trinajstić information content (AvgIpc) is 2.28. The third kappa shape index (κ3) is 1.74. The van der Waals surface area contributed by atoms with Crippen LogP contribution in [-0.4, -0.2) is 27.8 Å². The van der Waals surface area contributed by atoms with Crippen molar-refractivity contribution in [1.82, 2.24) is 0 Å². The number of hydrogen-bond acceptors (Lipinski definition) is 3. The number of fused-ring (bicyclic) bond motifs is 1. The van der Waals surface area contributed by atoms with Gasteiger partial charge in [-0.15, -0.1) is 0 Å². The second-order valence-electron chi connectivity index (χ2n) is 3.86. The van der Waals surface area contributed by atoms with E-state index in [1.807, 2.05) is 0 Å². The van der Waals surface area contributed by atoms with Gasteiger partial charge in [-0.05, 0) is 24.5 Å². The molecule has 0 amide bonds. The van der Waals surface area contributed by atoms with E-state index in [9.17, 15) is 0 Å². The van der Waals surface area contributed by atoms with Crippen LogP contribution >= 0.6 is 0 Å². The van der Waals surface area contributed by atoms with Gasteiger partial charge in [0.15, 0.2) is 11.5 Å². The van der Waals surface area contributed by atoms with Gasteiger partial charge in [-0.2, -0.15) is 0 Å². The maximum Gasteiger partial charge on any atom is 0.162 e. The molecule has 1 aliphatic heterocycles. The molecular weight excluding hydrogens is 190 g/mol. The summed E-state index contributed by atoms with van der Waals surface area (Å²) in [7, 11) is 5.47. The number of ether oxygens (including phenoxy) is 2. The Morgan fingerprint density at radius 2 is 1.80 bits per heavy atom. The van der Waals surface area contributed by atoms with E-state index in [2.05, 4.69) is 24.1 Å². The van der Waals surface area contributed by atoms with Gasteiger partial charge in [0.1, 0.15) is 0 Å². The van der Waals surface area contributed by atoms with Crippen molar-refractivity contribution in [2.45, 2.75) is 12.8 Å². The monoisotopic (exact) mass is 207 g/mol. The number of anilines is 1. The summed E-state index contributed by atoms with van der Waals surface area (Å²) in [6, 6.07) is 4.15. The summed E-state index contributed by atoms with van der Waals surface area (Å²) in [5.74, 6) is 1.64. The van der Waals surface area contributed by atoms with Gasteiger partial charge in [0.05, 0.1) is 14.2 Å². The average molecular weight is 207 g/mol. The van der Waals surface area contributed by atoms with Gasteiger partial charge < -0.3 is 14.4 Å². The maximum absolute atomic E-state index is 5.30. The minimum Gasteiger partial charge on any atom is -0.493 e. The Kier molecular flexibility index (Phi) is 2.71. The lowest BCUT2D eigenvalue weighted by molar-refractivity contribution is 0.354. The third-order valence-electron chi connectivity index (χ3n) is 2.94. The van der Waals surface area contributed by atoms with Crippen LogP contribution in [0.15, 0.2) is 12.1 Å². The predicted octanol–water partition coefficient (Wildman–Crippen LogP) is 2.09. The first kappa shape index (κ1) is 10.1. The molecule has 0 aromatic heterocycles. The molecule has 0 saturated carbocycles. The highest BCUT2D eigenvalue weighted by atomic mass is 16.5. The van der Waals surface area contributed by atoms with Gasteiger partial charge in [0.25, 0.3) is 0 Å². The zero-order valence-electron chi connectivity index (χ0n) is 9.54. The molecule has 1 aromatic carbocycles. The molecule has 0 spiro atoms. The van der Waals surface area contributed by atoms with E-state index in [0.29, 0.717) is 0 Å². The molecule has 0 N–H and O–H groups in total. The number of benzene rings is 1. The maximum atomic E-state index is 5.30. The minimum absolute atomic E-state index is 0.810. The van der Waals surface area contributed by atoms with Crippen molar-refractivity contribution in [1.29, 1.82) is 0 Å². The molecule has 1 heterocycles. The Hall–Kier alpha value is -1.38. The highest BCUT2D eigenvalue weighted by Gasteiger charge is 2.17. The van der Waals surface area contributed by atoms with Crippen LogP contribution in [-0.2, 0) is 6.42 Å². The lowest BCUT2D eigenvalue weighted by Gasteiger charge is -2.28. The number of nitrogens with zero attached hydrogens (tertiary/aromatic N) is 1. The molecule has 0 aliphatic carbocycles. The second-order valence-corrected chi connectivity index (χ2v) is 3.86. The van der Waals surface area contributed by atoms with E-state index in [1.54, 1.807) is 14.2 Å². The van der Waals surface area contributed by atoms with Gasteiger partial charge in [-0.3, -0.25) is 0 Å². The van der Waals surface area contributed by atoms with Crippen molar-refractivity contribution in [3.63, 3.8) is 0 Å². The molecule has 0 atom stereocenters. The Labute approximate surface area is 90.6 Å². The molecule has 82 valence electrons. The fourth-order valence-electron chi connectivity index (χ4n) is 2.09.